The highest BCUT2D eigenvalue weighted by molar-refractivity contribution is 5.37. The smallest absolute Gasteiger partial charge is 0.127 e. The van der Waals surface area contributed by atoms with E-state index in [1.54, 1.807) is 6.07 Å². The van der Waals surface area contributed by atoms with E-state index in [0.717, 1.165) is 49.7 Å². The van der Waals surface area contributed by atoms with Crippen molar-refractivity contribution in [2.75, 3.05) is 0 Å². The SMILES string of the molecule is CCCCCc1ccc(C#C[C@H]2CC[C@H](c3ccc(CCCC)cc3)CC2)cc1F. The van der Waals surface area contributed by atoms with Gasteiger partial charge in [0, 0.05) is 11.5 Å². The number of hydrogen-bond donors (Lipinski definition) is 0. The Bertz CT molecular complexity index is 829. The standard InChI is InChI=1S/C29H37F/c1-3-5-7-9-28-21-16-25(22-29(28)30)11-10-24-14-19-27(20-15-24)26-17-12-23(13-18-26)8-6-4-2/h12-13,16-18,21-22,24,27H,3-9,14-15,19-20H2,1-2H3/t24-,27-. The Hall–Kier alpha value is -2.07. The highest BCUT2D eigenvalue weighted by Crippen LogP contribution is 2.35. The van der Waals surface area contributed by atoms with Crippen molar-refractivity contribution in [2.45, 2.75) is 90.4 Å². The molecule has 0 bridgehead atoms. The summed E-state index contributed by atoms with van der Waals surface area (Å²) in [5.74, 6) is 7.68. The second-order valence-corrected chi connectivity index (χ2v) is 8.93. The molecule has 30 heavy (non-hydrogen) atoms. The van der Waals surface area contributed by atoms with Crippen LogP contribution >= 0.6 is 0 Å². The van der Waals surface area contributed by atoms with E-state index in [9.17, 15) is 4.39 Å². The zero-order chi connectivity index (χ0) is 21.2. The molecule has 1 fully saturated rings. The molecule has 0 radical (unpaired) electrons. The Morgan fingerprint density at radius 2 is 1.57 bits per heavy atom. The van der Waals surface area contributed by atoms with Crippen LogP contribution in [0.3, 0.4) is 0 Å². The minimum atomic E-state index is -0.0935. The van der Waals surface area contributed by atoms with Crippen LogP contribution in [0.25, 0.3) is 0 Å². The largest absolute Gasteiger partial charge is 0.207 e. The molecule has 0 heterocycles. The van der Waals surface area contributed by atoms with Gasteiger partial charge in [0.05, 0.1) is 0 Å². The Balaban J connectivity index is 1.50. The van der Waals surface area contributed by atoms with Crippen LogP contribution < -0.4 is 0 Å². The highest BCUT2D eigenvalue weighted by Gasteiger charge is 2.21. The Labute approximate surface area is 183 Å². The van der Waals surface area contributed by atoms with Crippen LogP contribution in [0.5, 0.6) is 0 Å². The van der Waals surface area contributed by atoms with E-state index in [1.165, 1.54) is 43.2 Å². The summed E-state index contributed by atoms with van der Waals surface area (Å²) in [4.78, 5) is 0. The number of hydrogen-bond acceptors (Lipinski definition) is 0. The van der Waals surface area contributed by atoms with Gasteiger partial charge in [-0.1, -0.05) is 75.3 Å². The molecule has 0 saturated heterocycles. The van der Waals surface area contributed by atoms with Crippen molar-refractivity contribution in [3.63, 3.8) is 0 Å². The van der Waals surface area contributed by atoms with E-state index < -0.39 is 0 Å². The molecule has 0 nitrogen and oxygen atoms in total. The van der Waals surface area contributed by atoms with E-state index >= 15 is 0 Å². The lowest BCUT2D eigenvalue weighted by atomic mass is 9.78. The van der Waals surface area contributed by atoms with Crippen molar-refractivity contribution < 1.29 is 4.39 Å². The van der Waals surface area contributed by atoms with Gasteiger partial charge in [-0.3, -0.25) is 0 Å². The van der Waals surface area contributed by atoms with Crippen LogP contribution in [0, 0.1) is 23.6 Å². The first-order valence-corrected chi connectivity index (χ1v) is 12.1. The van der Waals surface area contributed by atoms with Crippen LogP contribution in [-0.2, 0) is 12.8 Å². The first kappa shape index (κ1) is 22.6. The molecule has 0 unspecified atom stereocenters. The van der Waals surface area contributed by atoms with Gasteiger partial charge in [-0.2, -0.15) is 0 Å². The van der Waals surface area contributed by atoms with E-state index in [0.29, 0.717) is 11.8 Å². The summed E-state index contributed by atoms with van der Waals surface area (Å²) in [5.41, 5.74) is 4.60. The summed E-state index contributed by atoms with van der Waals surface area (Å²) in [5, 5.41) is 0. The molecule has 1 saturated carbocycles. The molecule has 0 amide bonds. The van der Waals surface area contributed by atoms with Crippen LogP contribution in [0.15, 0.2) is 42.5 Å². The molecular weight excluding hydrogens is 367 g/mol. The van der Waals surface area contributed by atoms with Crippen molar-refractivity contribution in [2.24, 2.45) is 5.92 Å². The van der Waals surface area contributed by atoms with Crippen molar-refractivity contribution >= 4 is 0 Å². The Kier molecular flexibility index (Phi) is 9.00. The van der Waals surface area contributed by atoms with Crippen LogP contribution in [0.2, 0.25) is 0 Å². The quantitative estimate of drug-likeness (QED) is 0.307. The molecule has 1 heteroatoms. The van der Waals surface area contributed by atoms with Gasteiger partial charge in [0.15, 0.2) is 0 Å². The first-order valence-electron chi connectivity index (χ1n) is 12.1. The van der Waals surface area contributed by atoms with Crippen molar-refractivity contribution in [3.8, 4) is 11.8 Å². The third-order valence-electron chi connectivity index (χ3n) is 6.52. The average molecular weight is 405 g/mol. The van der Waals surface area contributed by atoms with Gasteiger partial charge in [0.25, 0.3) is 0 Å². The summed E-state index contributed by atoms with van der Waals surface area (Å²) in [6, 6.07) is 14.9. The molecule has 3 rings (SSSR count). The van der Waals surface area contributed by atoms with Gasteiger partial charge in [0.1, 0.15) is 5.82 Å². The molecule has 0 atom stereocenters. The summed E-state index contributed by atoms with van der Waals surface area (Å²) in [6.45, 7) is 4.42. The number of rotatable bonds is 8. The van der Waals surface area contributed by atoms with Gasteiger partial charge in [-0.05, 0) is 86.1 Å². The molecule has 1 aliphatic carbocycles. The van der Waals surface area contributed by atoms with Gasteiger partial charge in [-0.15, -0.1) is 0 Å². The van der Waals surface area contributed by atoms with E-state index in [-0.39, 0.29) is 5.82 Å². The molecule has 0 spiro atoms. The zero-order valence-electron chi connectivity index (χ0n) is 18.9. The summed E-state index contributed by atoms with van der Waals surface area (Å²) in [7, 11) is 0. The monoisotopic (exact) mass is 404 g/mol. The fraction of sp³-hybridized carbons (Fsp3) is 0.517. The second-order valence-electron chi connectivity index (χ2n) is 8.93. The van der Waals surface area contributed by atoms with Crippen LogP contribution in [0.4, 0.5) is 4.39 Å². The third kappa shape index (κ3) is 6.73. The molecule has 0 aromatic heterocycles. The lowest BCUT2D eigenvalue weighted by Crippen LogP contribution is -2.12. The maximum absolute atomic E-state index is 14.3. The molecule has 0 N–H and O–H groups in total. The van der Waals surface area contributed by atoms with Gasteiger partial charge in [0.2, 0.25) is 0 Å². The fourth-order valence-electron chi connectivity index (χ4n) is 4.49. The van der Waals surface area contributed by atoms with Crippen molar-refractivity contribution in [1.29, 1.82) is 0 Å². The number of unbranched alkanes of at least 4 members (excludes halogenated alkanes) is 3. The van der Waals surface area contributed by atoms with Crippen molar-refractivity contribution in [3.05, 3.63) is 70.5 Å². The van der Waals surface area contributed by atoms with Crippen molar-refractivity contribution in [1.82, 2.24) is 0 Å². The summed E-state index contributed by atoms with van der Waals surface area (Å²) < 4.78 is 14.3. The number of benzene rings is 2. The number of halogens is 1. The van der Waals surface area contributed by atoms with Gasteiger partial charge < -0.3 is 0 Å². The molecule has 2 aromatic carbocycles. The molecule has 0 aliphatic heterocycles. The molecule has 160 valence electrons. The number of aryl methyl sites for hydroxylation is 2. The van der Waals surface area contributed by atoms with Crippen LogP contribution in [-0.4, -0.2) is 0 Å². The Morgan fingerprint density at radius 1 is 0.833 bits per heavy atom. The van der Waals surface area contributed by atoms with Gasteiger partial charge in [-0.25, -0.2) is 4.39 Å². The van der Waals surface area contributed by atoms with Crippen LogP contribution in [0.1, 0.15) is 99.8 Å². The topological polar surface area (TPSA) is 0 Å². The molecule has 2 aromatic rings. The van der Waals surface area contributed by atoms with E-state index in [1.807, 2.05) is 12.1 Å². The maximum Gasteiger partial charge on any atom is 0.127 e. The minimum absolute atomic E-state index is 0.0935. The Morgan fingerprint density at radius 3 is 2.23 bits per heavy atom. The fourth-order valence-corrected chi connectivity index (χ4v) is 4.49. The lowest BCUT2D eigenvalue weighted by molar-refractivity contribution is 0.384. The van der Waals surface area contributed by atoms with E-state index in [4.69, 9.17) is 0 Å². The minimum Gasteiger partial charge on any atom is -0.207 e. The molecule has 1 aliphatic rings. The summed E-state index contributed by atoms with van der Waals surface area (Å²) in [6.07, 6.45) is 12.6. The normalized spacial score (nSPS) is 18.6. The lowest BCUT2D eigenvalue weighted by Gasteiger charge is -2.26. The average Bonchev–Trinajstić information content (AvgIpc) is 2.78. The maximum atomic E-state index is 14.3. The molecular formula is C29H37F. The first-order chi connectivity index (χ1) is 14.7. The van der Waals surface area contributed by atoms with Gasteiger partial charge >= 0.3 is 0 Å². The third-order valence-corrected chi connectivity index (χ3v) is 6.52. The predicted molar refractivity (Wildman–Crippen MR) is 126 cm³/mol. The summed E-state index contributed by atoms with van der Waals surface area (Å²) >= 11 is 0. The highest BCUT2D eigenvalue weighted by atomic mass is 19.1. The zero-order valence-corrected chi connectivity index (χ0v) is 18.9. The second kappa shape index (κ2) is 11.9. The predicted octanol–water partition coefficient (Wildman–Crippen LogP) is 8.23. The van der Waals surface area contributed by atoms with E-state index in [2.05, 4.69) is 50.0 Å².